The minimum absolute atomic E-state index is 0.00746. The Morgan fingerprint density at radius 2 is 1.68 bits per heavy atom. The summed E-state index contributed by atoms with van der Waals surface area (Å²) < 4.78 is 5.46. The van der Waals surface area contributed by atoms with E-state index in [-0.39, 0.29) is 5.91 Å². The van der Waals surface area contributed by atoms with Gasteiger partial charge in [0.25, 0.3) is 0 Å². The van der Waals surface area contributed by atoms with E-state index in [1.165, 1.54) is 5.57 Å². The summed E-state index contributed by atoms with van der Waals surface area (Å²) in [6, 6.07) is 16.1. The van der Waals surface area contributed by atoms with Gasteiger partial charge in [0.2, 0.25) is 5.91 Å². The number of hydrogen-bond donors (Lipinski definition) is 1. The maximum atomic E-state index is 12.5. The van der Waals surface area contributed by atoms with Gasteiger partial charge in [-0.1, -0.05) is 66.2 Å². The summed E-state index contributed by atoms with van der Waals surface area (Å²) in [6.07, 6.45) is 9.30. The van der Waals surface area contributed by atoms with Crippen LogP contribution in [0, 0.1) is 0 Å². The Hall–Kier alpha value is -2.66. The van der Waals surface area contributed by atoms with Crippen LogP contribution >= 0.6 is 11.6 Å². The van der Waals surface area contributed by atoms with Crippen molar-refractivity contribution < 1.29 is 9.53 Å². The first kappa shape index (κ1) is 26.0. The van der Waals surface area contributed by atoms with E-state index >= 15 is 0 Å². The van der Waals surface area contributed by atoms with Crippen LogP contribution in [0.1, 0.15) is 32.6 Å². The van der Waals surface area contributed by atoms with Crippen LogP contribution in [0.15, 0.2) is 84.5 Å². The van der Waals surface area contributed by atoms with Gasteiger partial charge in [-0.15, -0.1) is 0 Å². The molecular formula is C29H35ClN2O2. The molecule has 0 bridgehead atoms. The van der Waals surface area contributed by atoms with Crippen molar-refractivity contribution in [2.45, 2.75) is 38.6 Å². The molecule has 0 saturated carbocycles. The Kier molecular flexibility index (Phi) is 10.1. The number of nitrogens with one attached hydrogen (secondary N) is 1. The number of carbonyl (C=O) groups excluding carboxylic acids is 1. The number of rotatable bonds is 10. The maximum absolute atomic E-state index is 12.5. The molecule has 2 aromatic rings. The summed E-state index contributed by atoms with van der Waals surface area (Å²) in [6.45, 7) is 8.70. The highest BCUT2D eigenvalue weighted by Crippen LogP contribution is 2.23. The Balaban J connectivity index is 1.47. The predicted octanol–water partition coefficient (Wildman–Crippen LogP) is 6.90. The molecule has 180 valence electrons. The van der Waals surface area contributed by atoms with Crippen molar-refractivity contribution in [3.8, 4) is 11.1 Å². The fraction of sp³-hybridized carbons (Fsp3) is 0.345. The zero-order chi connectivity index (χ0) is 24.3. The van der Waals surface area contributed by atoms with Crippen LogP contribution in [0.25, 0.3) is 11.1 Å². The van der Waals surface area contributed by atoms with E-state index in [2.05, 4.69) is 42.9 Å². The molecule has 0 spiro atoms. The Morgan fingerprint density at radius 3 is 2.29 bits per heavy atom. The van der Waals surface area contributed by atoms with Crippen molar-refractivity contribution in [1.29, 1.82) is 0 Å². The zero-order valence-electron chi connectivity index (χ0n) is 20.2. The van der Waals surface area contributed by atoms with Crippen LogP contribution < -0.4 is 5.32 Å². The molecule has 2 aromatic carbocycles. The zero-order valence-corrected chi connectivity index (χ0v) is 21.0. The predicted molar refractivity (Wildman–Crippen MR) is 143 cm³/mol. The number of anilines is 1. The molecule has 0 atom stereocenters. The first-order chi connectivity index (χ1) is 16.4. The normalized spacial score (nSPS) is 15.4. The third-order valence-corrected chi connectivity index (χ3v) is 6.40. The maximum Gasteiger partial charge on any atom is 0.224 e. The van der Waals surface area contributed by atoms with Gasteiger partial charge in [-0.2, -0.15) is 0 Å². The Morgan fingerprint density at radius 1 is 1.06 bits per heavy atom. The highest BCUT2D eigenvalue weighted by atomic mass is 35.5. The van der Waals surface area contributed by atoms with Crippen LogP contribution in [0.4, 0.5) is 5.69 Å². The number of ether oxygens (including phenoxy) is 1. The van der Waals surface area contributed by atoms with Gasteiger partial charge < -0.3 is 10.1 Å². The van der Waals surface area contributed by atoms with Crippen LogP contribution in [-0.2, 0) is 9.53 Å². The smallest absolute Gasteiger partial charge is 0.224 e. The van der Waals surface area contributed by atoms with Gasteiger partial charge in [-0.3, -0.25) is 9.69 Å². The van der Waals surface area contributed by atoms with Gasteiger partial charge in [-0.05, 0) is 74.2 Å². The van der Waals surface area contributed by atoms with Crippen molar-refractivity contribution in [2.24, 2.45) is 0 Å². The topological polar surface area (TPSA) is 41.6 Å². The molecule has 0 radical (unpaired) electrons. The van der Waals surface area contributed by atoms with Crippen molar-refractivity contribution in [2.75, 3.05) is 32.1 Å². The van der Waals surface area contributed by atoms with Crippen molar-refractivity contribution in [1.82, 2.24) is 4.90 Å². The number of nitrogens with zero attached hydrogens (tertiary/aromatic N) is 1. The first-order valence-electron chi connectivity index (χ1n) is 11.9. The molecule has 5 heteroatoms. The van der Waals surface area contributed by atoms with E-state index in [0.29, 0.717) is 23.9 Å². The van der Waals surface area contributed by atoms with E-state index in [1.807, 2.05) is 54.6 Å². The first-order valence-corrected chi connectivity index (χ1v) is 12.2. The quantitative estimate of drug-likeness (QED) is 0.378. The van der Waals surface area contributed by atoms with Gasteiger partial charge in [0, 0.05) is 42.9 Å². The molecule has 1 fully saturated rings. The fourth-order valence-electron chi connectivity index (χ4n) is 4.07. The summed E-state index contributed by atoms with van der Waals surface area (Å²) in [7, 11) is 2.18. The third kappa shape index (κ3) is 8.28. The van der Waals surface area contributed by atoms with Gasteiger partial charge in [0.1, 0.15) is 0 Å². The van der Waals surface area contributed by atoms with Gasteiger partial charge >= 0.3 is 0 Å². The van der Waals surface area contributed by atoms with E-state index < -0.39 is 0 Å². The molecular weight excluding hydrogens is 444 g/mol. The lowest BCUT2D eigenvalue weighted by Gasteiger charge is -2.31. The van der Waals surface area contributed by atoms with E-state index in [4.69, 9.17) is 16.3 Å². The number of allylic oxidation sites excluding steroid dienone is 4. The number of halogens is 1. The summed E-state index contributed by atoms with van der Waals surface area (Å²) in [5.41, 5.74) is 5.31. The lowest BCUT2D eigenvalue weighted by atomic mass is 10.1. The second-order valence-corrected chi connectivity index (χ2v) is 9.29. The molecule has 0 aromatic heterocycles. The average molecular weight is 479 g/mol. The van der Waals surface area contributed by atoms with Crippen LogP contribution in [0.3, 0.4) is 0 Å². The number of amides is 1. The molecule has 1 aliphatic rings. The number of likely N-dealkylation sites (N-methyl/N-ethyl adjacent to an activating group) is 1. The van der Waals surface area contributed by atoms with E-state index in [0.717, 1.165) is 55.0 Å². The average Bonchev–Trinajstić information content (AvgIpc) is 2.85. The third-order valence-electron chi connectivity index (χ3n) is 6.14. The number of carbonyl (C=O) groups is 1. The SMILES string of the molecule is C=C/C(=C\C=C(/C)CN(C)C1CCOCC1)CCC(=O)Nc1ccc(-c2ccc(Cl)cc2)cc1. The minimum Gasteiger partial charge on any atom is -0.381 e. The second-order valence-electron chi connectivity index (χ2n) is 8.85. The van der Waals surface area contributed by atoms with E-state index in [1.54, 1.807) is 0 Å². The summed E-state index contributed by atoms with van der Waals surface area (Å²) in [4.78, 5) is 14.9. The number of hydrogen-bond acceptors (Lipinski definition) is 3. The standard InChI is InChI=1S/C29H35ClN2O2/c1-4-23(6-5-22(2)21-32(3)28-17-19-34-20-18-28)7-16-29(33)31-27-14-10-25(11-15-27)24-8-12-26(30)13-9-24/h4-6,8-15,28H,1,7,16-21H2,2-3H3,(H,31,33)/b22-5+,23-6+. The monoisotopic (exact) mass is 478 g/mol. The molecule has 3 rings (SSSR count). The largest absolute Gasteiger partial charge is 0.381 e. The molecule has 1 saturated heterocycles. The van der Waals surface area contributed by atoms with Crippen molar-refractivity contribution >= 4 is 23.2 Å². The van der Waals surface area contributed by atoms with Crippen LogP contribution in [-0.4, -0.2) is 43.7 Å². The lowest BCUT2D eigenvalue weighted by Crippen LogP contribution is -2.37. The molecule has 1 aliphatic heterocycles. The number of benzene rings is 2. The van der Waals surface area contributed by atoms with Crippen LogP contribution in [0.5, 0.6) is 0 Å². The second kappa shape index (κ2) is 13.3. The van der Waals surface area contributed by atoms with Crippen molar-refractivity contribution in [3.05, 3.63) is 89.5 Å². The fourth-order valence-corrected chi connectivity index (χ4v) is 4.20. The van der Waals surface area contributed by atoms with Crippen LogP contribution in [0.2, 0.25) is 5.02 Å². The summed E-state index contributed by atoms with van der Waals surface area (Å²) >= 11 is 5.96. The van der Waals surface area contributed by atoms with E-state index in [9.17, 15) is 4.79 Å². The molecule has 0 unspecified atom stereocenters. The molecule has 4 nitrogen and oxygen atoms in total. The molecule has 0 aliphatic carbocycles. The highest BCUT2D eigenvalue weighted by Gasteiger charge is 2.18. The molecule has 1 N–H and O–H groups in total. The summed E-state index contributed by atoms with van der Waals surface area (Å²) in [5, 5.41) is 3.70. The minimum atomic E-state index is -0.00746. The lowest BCUT2D eigenvalue weighted by molar-refractivity contribution is -0.116. The summed E-state index contributed by atoms with van der Waals surface area (Å²) in [5.74, 6) is -0.00746. The Bertz CT molecular complexity index is 1000. The Labute approximate surface area is 209 Å². The molecule has 1 heterocycles. The van der Waals surface area contributed by atoms with Gasteiger partial charge in [0.15, 0.2) is 0 Å². The highest BCUT2D eigenvalue weighted by molar-refractivity contribution is 6.30. The van der Waals surface area contributed by atoms with Gasteiger partial charge in [-0.25, -0.2) is 0 Å². The van der Waals surface area contributed by atoms with Crippen molar-refractivity contribution in [3.63, 3.8) is 0 Å². The molecule has 34 heavy (non-hydrogen) atoms. The molecule has 1 amide bonds. The van der Waals surface area contributed by atoms with Gasteiger partial charge in [0.05, 0.1) is 0 Å².